The average molecular weight is 302 g/mol. The van der Waals surface area contributed by atoms with E-state index in [1.165, 1.54) is 10.5 Å². The summed E-state index contributed by atoms with van der Waals surface area (Å²) in [6.07, 6.45) is 0. The Balaban J connectivity index is 2.24. The van der Waals surface area contributed by atoms with Crippen molar-refractivity contribution in [2.75, 3.05) is 7.11 Å². The van der Waals surface area contributed by atoms with Gasteiger partial charge in [0.2, 0.25) is 0 Å². The smallest absolute Gasteiger partial charge is 0.170 e. The van der Waals surface area contributed by atoms with Crippen LogP contribution >= 0.6 is 11.8 Å². The Morgan fingerprint density at radius 1 is 1.29 bits per heavy atom. The van der Waals surface area contributed by atoms with Crippen molar-refractivity contribution in [2.45, 2.75) is 17.6 Å². The normalized spacial score (nSPS) is 11.4. The number of rotatable bonds is 5. The summed E-state index contributed by atoms with van der Waals surface area (Å²) in [4.78, 5) is 1.23. The molecule has 2 rings (SSSR count). The number of hydrogen-bond donors (Lipinski definition) is 2. The number of nitrogens with two attached hydrogens (primary N) is 1. The maximum absolute atomic E-state index is 8.78. The molecule has 0 atom stereocenters. The van der Waals surface area contributed by atoms with Gasteiger partial charge in [-0.2, -0.15) is 0 Å². The fourth-order valence-corrected chi connectivity index (χ4v) is 2.99. The predicted octanol–water partition coefficient (Wildman–Crippen LogP) is 3.39. The fourth-order valence-electron chi connectivity index (χ4n) is 1.98. The number of ether oxygens (including phenoxy) is 1. The fraction of sp³-hybridized carbons (Fsp3) is 0.188. The number of oxime groups is 1. The highest BCUT2D eigenvalue weighted by Crippen LogP contribution is 2.30. The Morgan fingerprint density at radius 2 is 2.05 bits per heavy atom. The summed E-state index contributed by atoms with van der Waals surface area (Å²) in [6.45, 7) is 2.09. The zero-order chi connectivity index (χ0) is 15.2. The molecule has 0 unspecified atom stereocenters. The quantitative estimate of drug-likeness (QED) is 0.292. The summed E-state index contributed by atoms with van der Waals surface area (Å²) >= 11 is 1.73. The minimum absolute atomic E-state index is 0.0970. The molecule has 0 aliphatic rings. The molecular weight excluding hydrogens is 284 g/mol. The Labute approximate surface area is 128 Å². The van der Waals surface area contributed by atoms with Crippen LogP contribution in [0.3, 0.4) is 0 Å². The molecule has 0 aliphatic carbocycles. The molecule has 0 saturated heterocycles. The second-order valence-electron chi connectivity index (χ2n) is 4.57. The van der Waals surface area contributed by atoms with Crippen molar-refractivity contribution in [1.82, 2.24) is 0 Å². The lowest BCUT2D eigenvalue weighted by Crippen LogP contribution is -2.13. The second kappa shape index (κ2) is 7.04. The third-order valence-electron chi connectivity index (χ3n) is 3.16. The average Bonchev–Trinajstić information content (AvgIpc) is 2.53. The number of amidine groups is 1. The molecule has 0 bridgehead atoms. The van der Waals surface area contributed by atoms with E-state index in [0.29, 0.717) is 5.56 Å². The van der Waals surface area contributed by atoms with Crippen molar-refractivity contribution in [3.05, 3.63) is 59.2 Å². The minimum Gasteiger partial charge on any atom is -0.496 e. The highest BCUT2D eigenvalue weighted by molar-refractivity contribution is 7.98. The molecule has 21 heavy (non-hydrogen) atoms. The number of nitrogens with zero attached hydrogens (tertiary/aromatic N) is 1. The summed E-state index contributed by atoms with van der Waals surface area (Å²) in [5.41, 5.74) is 8.57. The van der Waals surface area contributed by atoms with Gasteiger partial charge in [-0.15, -0.1) is 11.8 Å². The van der Waals surface area contributed by atoms with Crippen molar-refractivity contribution in [3.8, 4) is 5.75 Å². The summed E-state index contributed by atoms with van der Waals surface area (Å²) in [6, 6.07) is 13.7. The second-order valence-corrected chi connectivity index (χ2v) is 5.58. The largest absolute Gasteiger partial charge is 0.496 e. The van der Waals surface area contributed by atoms with E-state index in [9.17, 15) is 0 Å². The van der Waals surface area contributed by atoms with E-state index in [0.717, 1.165) is 17.1 Å². The van der Waals surface area contributed by atoms with E-state index in [-0.39, 0.29) is 5.84 Å². The summed E-state index contributed by atoms with van der Waals surface area (Å²) in [5.74, 6) is 1.64. The van der Waals surface area contributed by atoms with Gasteiger partial charge in [-0.1, -0.05) is 23.4 Å². The molecule has 0 aromatic heterocycles. The first-order valence-corrected chi connectivity index (χ1v) is 7.47. The van der Waals surface area contributed by atoms with Crippen LogP contribution in [0.5, 0.6) is 5.75 Å². The molecule has 0 spiro atoms. The molecular formula is C16H18N2O2S. The molecule has 0 radical (unpaired) electrons. The number of methoxy groups -OCH3 is 1. The first-order chi connectivity index (χ1) is 10.2. The standard InChI is InChI=1S/C16H18N2O2S/c1-11-5-3-4-6-15(11)21-10-13-9-12(16(17)18-19)7-8-14(13)20-2/h3-9,19H,10H2,1-2H3,(H2,17,18). The topological polar surface area (TPSA) is 67.8 Å². The zero-order valence-electron chi connectivity index (χ0n) is 12.0. The number of aryl methyl sites for hydroxylation is 1. The Bertz CT molecular complexity index is 656. The van der Waals surface area contributed by atoms with E-state index >= 15 is 0 Å². The van der Waals surface area contributed by atoms with Crippen LogP contribution in [0.15, 0.2) is 52.5 Å². The lowest BCUT2D eigenvalue weighted by molar-refractivity contribution is 0.318. The van der Waals surface area contributed by atoms with Crippen molar-refractivity contribution in [3.63, 3.8) is 0 Å². The van der Waals surface area contributed by atoms with Gasteiger partial charge in [-0.25, -0.2) is 0 Å². The van der Waals surface area contributed by atoms with E-state index < -0.39 is 0 Å². The summed E-state index contributed by atoms with van der Waals surface area (Å²) in [7, 11) is 1.64. The molecule has 2 aromatic carbocycles. The van der Waals surface area contributed by atoms with Crippen LogP contribution in [-0.4, -0.2) is 18.2 Å². The predicted molar refractivity (Wildman–Crippen MR) is 86.2 cm³/mol. The molecule has 0 fully saturated rings. The molecule has 2 aromatic rings. The van der Waals surface area contributed by atoms with Crippen LogP contribution < -0.4 is 10.5 Å². The Morgan fingerprint density at radius 3 is 2.71 bits per heavy atom. The zero-order valence-corrected chi connectivity index (χ0v) is 12.9. The van der Waals surface area contributed by atoms with E-state index in [1.807, 2.05) is 24.3 Å². The maximum atomic E-state index is 8.78. The van der Waals surface area contributed by atoms with Crippen LogP contribution in [0, 0.1) is 6.92 Å². The molecule has 0 amide bonds. The Hall–Kier alpha value is -2.14. The molecule has 4 nitrogen and oxygen atoms in total. The molecule has 3 N–H and O–H groups in total. The van der Waals surface area contributed by atoms with Gasteiger partial charge in [0.25, 0.3) is 0 Å². The lowest BCUT2D eigenvalue weighted by Gasteiger charge is -2.11. The van der Waals surface area contributed by atoms with Crippen molar-refractivity contribution in [1.29, 1.82) is 0 Å². The molecule has 0 aliphatic heterocycles. The van der Waals surface area contributed by atoms with E-state index in [4.69, 9.17) is 15.7 Å². The minimum atomic E-state index is 0.0970. The Kier molecular flexibility index (Phi) is 5.11. The van der Waals surface area contributed by atoms with Crippen LogP contribution in [0.2, 0.25) is 0 Å². The first kappa shape index (κ1) is 15.3. The van der Waals surface area contributed by atoms with Crippen molar-refractivity contribution < 1.29 is 9.94 Å². The van der Waals surface area contributed by atoms with Crippen LogP contribution in [-0.2, 0) is 5.75 Å². The van der Waals surface area contributed by atoms with Gasteiger partial charge in [0.15, 0.2) is 5.84 Å². The van der Waals surface area contributed by atoms with Gasteiger partial charge in [-0.05, 0) is 36.8 Å². The molecule has 0 heterocycles. The van der Waals surface area contributed by atoms with Crippen LogP contribution in [0.4, 0.5) is 0 Å². The number of hydrogen-bond acceptors (Lipinski definition) is 4. The monoisotopic (exact) mass is 302 g/mol. The number of benzene rings is 2. The molecule has 5 heteroatoms. The SMILES string of the molecule is COc1ccc(/C(N)=N/O)cc1CSc1ccccc1C. The van der Waals surface area contributed by atoms with Gasteiger partial charge in [0.05, 0.1) is 7.11 Å². The van der Waals surface area contributed by atoms with Crippen molar-refractivity contribution in [2.24, 2.45) is 10.9 Å². The third kappa shape index (κ3) is 3.70. The highest BCUT2D eigenvalue weighted by Gasteiger charge is 2.08. The summed E-state index contributed by atoms with van der Waals surface area (Å²) < 4.78 is 5.38. The number of thioether (sulfide) groups is 1. The van der Waals surface area contributed by atoms with Gasteiger partial charge in [-0.3, -0.25) is 0 Å². The molecule has 110 valence electrons. The van der Waals surface area contributed by atoms with Gasteiger partial charge in [0.1, 0.15) is 5.75 Å². The van der Waals surface area contributed by atoms with E-state index in [2.05, 4.69) is 24.2 Å². The lowest BCUT2D eigenvalue weighted by atomic mass is 10.1. The summed E-state index contributed by atoms with van der Waals surface area (Å²) in [5, 5.41) is 11.8. The van der Waals surface area contributed by atoms with Crippen LogP contribution in [0.25, 0.3) is 0 Å². The van der Waals surface area contributed by atoms with Crippen molar-refractivity contribution >= 4 is 17.6 Å². The van der Waals surface area contributed by atoms with Gasteiger partial charge in [0, 0.05) is 21.8 Å². The maximum Gasteiger partial charge on any atom is 0.170 e. The third-order valence-corrected chi connectivity index (χ3v) is 4.39. The first-order valence-electron chi connectivity index (χ1n) is 6.49. The van der Waals surface area contributed by atoms with E-state index in [1.54, 1.807) is 24.9 Å². The van der Waals surface area contributed by atoms with Gasteiger partial charge >= 0.3 is 0 Å². The van der Waals surface area contributed by atoms with Gasteiger partial charge < -0.3 is 15.7 Å². The molecule has 0 saturated carbocycles. The van der Waals surface area contributed by atoms with Crippen LogP contribution in [0.1, 0.15) is 16.7 Å². The highest BCUT2D eigenvalue weighted by atomic mass is 32.2.